The summed E-state index contributed by atoms with van der Waals surface area (Å²) in [6, 6.07) is 23.1. The Hall–Kier alpha value is -1.06. The number of hydrogen-bond donors (Lipinski definition) is 0. The summed E-state index contributed by atoms with van der Waals surface area (Å²) in [5.74, 6) is 2.72. The van der Waals surface area contributed by atoms with Crippen LogP contribution in [-0.2, 0) is 21.7 Å². The van der Waals surface area contributed by atoms with Gasteiger partial charge in [0.05, 0.1) is 0 Å². The average Bonchev–Trinajstić information content (AvgIpc) is 3.48. The van der Waals surface area contributed by atoms with Crippen LogP contribution in [0.2, 0.25) is 0 Å². The maximum Gasteiger partial charge on any atom is 4.00 e. The van der Waals surface area contributed by atoms with Crippen LogP contribution in [0.5, 0.6) is 0 Å². The molecule has 0 heterocycles. The first-order chi connectivity index (χ1) is 21.4. The molecule has 272 valence electrons. The van der Waals surface area contributed by atoms with Crippen LogP contribution in [0.1, 0.15) is 179 Å². The van der Waals surface area contributed by atoms with Crippen molar-refractivity contribution >= 4 is 23.6 Å². The molecule has 0 spiro atoms. The fourth-order valence-corrected chi connectivity index (χ4v) is 12.0. The second-order valence-electron chi connectivity index (χ2n) is 17.0. The van der Waals surface area contributed by atoms with E-state index in [2.05, 4.69) is 171 Å². The van der Waals surface area contributed by atoms with Gasteiger partial charge in [-0.2, -0.15) is 5.20 Å². The van der Waals surface area contributed by atoms with E-state index in [0.29, 0.717) is 35.5 Å². The molecular weight excluding hydrogens is 723 g/mol. The van der Waals surface area contributed by atoms with Gasteiger partial charge in [0.15, 0.2) is 8.07 Å². The fourth-order valence-electron chi connectivity index (χ4n) is 6.91. The first kappa shape index (κ1) is 48.9. The Kier molecular flexibility index (Phi) is 18.9. The minimum Gasteiger partial charge on any atom is -1.00 e. The fraction of sp³-hybridized carbons (Fsp3) is 0.511. The van der Waals surface area contributed by atoms with Gasteiger partial charge in [-0.1, -0.05) is 165 Å². The van der Waals surface area contributed by atoms with Crippen LogP contribution < -0.4 is 52.8 Å². The molecule has 0 aromatic heterocycles. The molecule has 0 amide bonds. The van der Waals surface area contributed by atoms with Gasteiger partial charge in [0.1, 0.15) is 0 Å². The van der Waals surface area contributed by atoms with Crippen molar-refractivity contribution in [1.29, 1.82) is 0 Å². The average molecular weight is 786 g/mol. The maximum absolute atomic E-state index is 4.20. The van der Waals surface area contributed by atoms with Gasteiger partial charge in [-0.15, -0.1) is 0 Å². The van der Waals surface area contributed by atoms with Gasteiger partial charge in [0.2, 0.25) is 0 Å². The van der Waals surface area contributed by atoms with E-state index in [4.69, 9.17) is 0 Å². The van der Waals surface area contributed by atoms with Gasteiger partial charge in [0.25, 0.3) is 0 Å². The van der Waals surface area contributed by atoms with Crippen molar-refractivity contribution in [1.82, 2.24) is 0 Å². The zero-order valence-corrected chi connectivity index (χ0v) is 38.4. The van der Waals surface area contributed by atoms with Crippen LogP contribution in [0.25, 0.3) is 0 Å². The Bertz CT molecular complexity index is 1390. The van der Waals surface area contributed by atoms with E-state index in [9.17, 15) is 0 Å². The second-order valence-corrected chi connectivity index (χ2v) is 20.9. The summed E-state index contributed by atoms with van der Waals surface area (Å²) in [5.41, 5.74) is 10.1. The van der Waals surface area contributed by atoms with Crippen molar-refractivity contribution in [2.75, 3.05) is 0 Å². The molecule has 0 bridgehead atoms. The molecule has 4 rings (SSSR count). The standard InChI is InChI=1S/C45H63Si.3ClH.Ti/c1-28(2)34-18-35(29(3)4)22-42(21-34)46(41-17-16-40(27-41)45(13,14)15,43-23-36(30(5)6)19-37(24-43)31(7)8)44-25-38(32(9)10)20-39(26-44)33(11)12;;;;/h16,18-26,28-33H,17H2,1-15H3;3*1H;/q-1;;;;+4/p-3. The minimum absolute atomic E-state index is 0. The Morgan fingerprint density at radius 2 is 0.700 bits per heavy atom. The first-order valence-electron chi connectivity index (χ1n) is 18.2. The van der Waals surface area contributed by atoms with E-state index in [1.807, 2.05) is 0 Å². The van der Waals surface area contributed by atoms with Gasteiger partial charge < -0.3 is 37.2 Å². The molecule has 3 aromatic rings. The smallest absolute Gasteiger partial charge is 1.00 e. The summed E-state index contributed by atoms with van der Waals surface area (Å²) in [4.78, 5) is 0. The Morgan fingerprint density at radius 3 is 0.880 bits per heavy atom. The second kappa shape index (κ2) is 19.3. The molecule has 1 aliphatic rings. The van der Waals surface area contributed by atoms with E-state index >= 15 is 0 Å². The third-order valence-electron chi connectivity index (χ3n) is 10.3. The first-order valence-corrected chi connectivity index (χ1v) is 20.2. The number of benzene rings is 3. The van der Waals surface area contributed by atoms with Crippen molar-refractivity contribution in [3.05, 3.63) is 111 Å². The van der Waals surface area contributed by atoms with Gasteiger partial charge in [-0.25, -0.2) is 11.6 Å². The quantitative estimate of drug-likeness (QED) is 0.169. The summed E-state index contributed by atoms with van der Waals surface area (Å²) in [7, 11) is -2.82. The maximum atomic E-state index is 4.20. The zero-order chi connectivity index (χ0) is 34.3. The monoisotopic (exact) mass is 784 g/mol. The van der Waals surface area contributed by atoms with Crippen molar-refractivity contribution in [2.24, 2.45) is 5.41 Å². The molecule has 1 aliphatic carbocycles. The van der Waals surface area contributed by atoms with Crippen molar-refractivity contribution in [3.8, 4) is 0 Å². The molecule has 0 unspecified atom stereocenters. The molecule has 0 N–H and O–H groups in total. The van der Waals surface area contributed by atoms with Gasteiger partial charge >= 0.3 is 21.7 Å². The Balaban J connectivity index is 0.00000600. The molecule has 0 fully saturated rings. The molecule has 0 saturated carbocycles. The third kappa shape index (κ3) is 10.3. The summed E-state index contributed by atoms with van der Waals surface area (Å²) < 4.78 is 0. The predicted octanol–water partition coefficient (Wildman–Crippen LogP) is 2.55. The van der Waals surface area contributed by atoms with Crippen molar-refractivity contribution in [3.63, 3.8) is 0 Å². The Labute approximate surface area is 342 Å². The minimum atomic E-state index is -2.82. The number of allylic oxidation sites excluding steroid dienone is 4. The number of rotatable bonds is 10. The van der Waals surface area contributed by atoms with E-state index in [-0.39, 0.29) is 64.4 Å². The molecule has 0 saturated heterocycles. The van der Waals surface area contributed by atoms with Crippen LogP contribution in [0, 0.1) is 11.5 Å². The molecular formula is C45H63Cl3SiTi. The van der Waals surface area contributed by atoms with Gasteiger partial charge in [0, 0.05) is 0 Å². The SMILES string of the molecule is CC(C)c1cc(C(C)C)cc([Si](C2=[C-]C(C(C)(C)C)=CC2)(c2cc(C(C)C)cc(C(C)C)c2)c2cc(C(C)C)cc(C(C)C)c2)c1.[Cl-].[Cl-].[Cl-].[Ti+4]. The van der Waals surface area contributed by atoms with E-state index in [1.165, 1.54) is 59.7 Å². The molecule has 0 radical (unpaired) electrons. The topological polar surface area (TPSA) is 0 Å². The molecule has 0 atom stereocenters. The summed E-state index contributed by atoms with van der Waals surface area (Å²) in [6.07, 6.45) is 7.66. The largest absolute Gasteiger partial charge is 4.00 e. The van der Waals surface area contributed by atoms with Crippen LogP contribution >= 0.6 is 0 Å². The van der Waals surface area contributed by atoms with Crippen molar-refractivity contribution < 1.29 is 58.9 Å². The van der Waals surface area contributed by atoms with E-state index in [0.717, 1.165) is 6.42 Å². The third-order valence-corrected chi connectivity index (χ3v) is 15.0. The van der Waals surface area contributed by atoms with Crippen LogP contribution in [0.3, 0.4) is 0 Å². The summed E-state index contributed by atoms with van der Waals surface area (Å²) in [5, 5.41) is 6.10. The molecule has 0 nitrogen and oxygen atoms in total. The van der Waals surface area contributed by atoms with Gasteiger partial charge in [-0.3, -0.25) is 6.08 Å². The Morgan fingerprint density at radius 1 is 0.460 bits per heavy atom. The van der Waals surface area contributed by atoms with Gasteiger partial charge in [-0.05, 0) is 89.9 Å². The summed E-state index contributed by atoms with van der Waals surface area (Å²) >= 11 is 0. The van der Waals surface area contributed by atoms with E-state index < -0.39 is 8.07 Å². The van der Waals surface area contributed by atoms with Crippen LogP contribution in [-0.4, -0.2) is 8.07 Å². The molecule has 0 aliphatic heterocycles. The van der Waals surface area contributed by atoms with Crippen molar-refractivity contribution in [2.45, 2.75) is 146 Å². The molecule has 50 heavy (non-hydrogen) atoms. The van der Waals surface area contributed by atoms with E-state index in [1.54, 1.807) is 0 Å². The number of halogens is 3. The predicted molar refractivity (Wildman–Crippen MR) is 207 cm³/mol. The summed E-state index contributed by atoms with van der Waals surface area (Å²) in [6.45, 7) is 35.4. The number of hydrogen-bond acceptors (Lipinski definition) is 0. The molecule has 3 aromatic carbocycles. The van der Waals surface area contributed by atoms with Crippen LogP contribution in [0.4, 0.5) is 0 Å². The molecule has 5 heteroatoms. The zero-order valence-electron chi connectivity index (χ0n) is 33.6. The normalized spacial score (nSPS) is 13.3. The van der Waals surface area contributed by atoms with Crippen LogP contribution in [0.15, 0.2) is 71.4 Å².